The molecular weight excluding hydrogens is 251 g/mol. The van der Waals surface area contributed by atoms with Gasteiger partial charge in [0, 0.05) is 17.0 Å². The normalized spacial score (nSPS) is 18.9. The van der Waals surface area contributed by atoms with Gasteiger partial charge in [0.1, 0.15) is 0 Å². The first kappa shape index (κ1) is 12.7. The molecule has 0 unspecified atom stereocenters. The summed E-state index contributed by atoms with van der Waals surface area (Å²) in [5.41, 5.74) is 5.55. The van der Waals surface area contributed by atoms with E-state index in [4.69, 9.17) is 17.3 Å². The van der Waals surface area contributed by atoms with Gasteiger partial charge in [0.15, 0.2) is 0 Å². The van der Waals surface area contributed by atoms with Gasteiger partial charge in [0.2, 0.25) is 0 Å². The van der Waals surface area contributed by atoms with Crippen molar-refractivity contribution in [1.29, 1.82) is 0 Å². The summed E-state index contributed by atoms with van der Waals surface area (Å²) in [7, 11) is 0. The summed E-state index contributed by atoms with van der Waals surface area (Å²) < 4.78 is 37.5. The second kappa shape index (κ2) is 4.18. The first-order chi connectivity index (χ1) is 7.89. The van der Waals surface area contributed by atoms with Gasteiger partial charge in [0.25, 0.3) is 0 Å². The van der Waals surface area contributed by atoms with Crippen LogP contribution in [-0.4, -0.2) is 6.54 Å². The zero-order valence-electron chi connectivity index (χ0n) is 9.15. The van der Waals surface area contributed by atoms with E-state index in [-0.39, 0.29) is 10.4 Å². The predicted molar refractivity (Wildman–Crippen MR) is 61.0 cm³/mol. The van der Waals surface area contributed by atoms with Gasteiger partial charge < -0.3 is 5.73 Å². The highest BCUT2D eigenvalue weighted by molar-refractivity contribution is 6.31. The van der Waals surface area contributed by atoms with E-state index >= 15 is 0 Å². The summed E-state index contributed by atoms with van der Waals surface area (Å²) in [6.07, 6.45) is -1.50. The third-order valence-electron chi connectivity index (χ3n) is 3.57. The minimum atomic E-state index is -4.35. The molecule has 1 saturated carbocycles. The Bertz CT molecular complexity index is 419. The van der Waals surface area contributed by atoms with Crippen LogP contribution in [0.4, 0.5) is 13.2 Å². The molecule has 0 amide bonds. The van der Waals surface area contributed by atoms with Crippen LogP contribution in [0.25, 0.3) is 0 Å². The first-order valence-corrected chi connectivity index (χ1v) is 5.84. The number of nitrogens with two attached hydrogens (primary N) is 1. The lowest BCUT2D eigenvalue weighted by Gasteiger charge is -2.42. The lowest BCUT2D eigenvalue weighted by molar-refractivity contribution is -0.137. The fraction of sp³-hybridized carbons (Fsp3) is 0.500. The summed E-state index contributed by atoms with van der Waals surface area (Å²) in [5.74, 6) is 0. The van der Waals surface area contributed by atoms with Crippen LogP contribution in [0.15, 0.2) is 18.2 Å². The van der Waals surface area contributed by atoms with Gasteiger partial charge in [-0.1, -0.05) is 24.1 Å². The van der Waals surface area contributed by atoms with Crippen LogP contribution >= 0.6 is 11.6 Å². The topological polar surface area (TPSA) is 26.0 Å². The van der Waals surface area contributed by atoms with Crippen LogP contribution in [0.1, 0.15) is 30.4 Å². The Morgan fingerprint density at radius 1 is 1.29 bits per heavy atom. The number of halogens is 4. The third kappa shape index (κ3) is 2.16. The van der Waals surface area contributed by atoms with Crippen molar-refractivity contribution in [3.8, 4) is 0 Å². The smallest absolute Gasteiger partial charge is 0.330 e. The lowest BCUT2D eigenvalue weighted by atomic mass is 9.64. The van der Waals surface area contributed by atoms with E-state index in [9.17, 15) is 13.2 Å². The molecule has 1 aliphatic rings. The molecule has 0 atom stereocenters. The molecule has 5 heteroatoms. The minimum Gasteiger partial charge on any atom is -0.330 e. The van der Waals surface area contributed by atoms with Crippen molar-refractivity contribution in [3.63, 3.8) is 0 Å². The van der Waals surface area contributed by atoms with Crippen LogP contribution in [0.5, 0.6) is 0 Å². The van der Waals surface area contributed by atoms with Crippen molar-refractivity contribution in [3.05, 3.63) is 34.3 Å². The Labute approximate surface area is 103 Å². The molecule has 94 valence electrons. The van der Waals surface area contributed by atoms with E-state index < -0.39 is 11.7 Å². The largest absolute Gasteiger partial charge is 0.416 e. The highest BCUT2D eigenvalue weighted by Crippen LogP contribution is 2.46. The van der Waals surface area contributed by atoms with E-state index in [2.05, 4.69) is 0 Å². The molecule has 2 rings (SSSR count). The van der Waals surface area contributed by atoms with Crippen LogP contribution in [0, 0.1) is 0 Å². The van der Waals surface area contributed by atoms with Gasteiger partial charge in [-0.15, -0.1) is 0 Å². The summed E-state index contributed by atoms with van der Waals surface area (Å²) in [6.45, 7) is 0.429. The Morgan fingerprint density at radius 2 is 1.94 bits per heavy atom. The zero-order chi connectivity index (χ0) is 12.7. The lowest BCUT2D eigenvalue weighted by Crippen LogP contribution is -2.41. The third-order valence-corrected chi connectivity index (χ3v) is 3.88. The average molecular weight is 264 g/mol. The van der Waals surface area contributed by atoms with Crippen LogP contribution < -0.4 is 5.73 Å². The second-order valence-corrected chi connectivity index (χ2v) is 4.94. The van der Waals surface area contributed by atoms with Crippen LogP contribution in [0.3, 0.4) is 0 Å². The van der Waals surface area contributed by atoms with Crippen molar-refractivity contribution in [2.45, 2.75) is 30.9 Å². The van der Waals surface area contributed by atoms with Gasteiger partial charge in [-0.3, -0.25) is 0 Å². The zero-order valence-corrected chi connectivity index (χ0v) is 9.91. The van der Waals surface area contributed by atoms with Crippen molar-refractivity contribution >= 4 is 11.6 Å². The van der Waals surface area contributed by atoms with E-state index in [1.165, 1.54) is 6.07 Å². The maximum absolute atomic E-state index is 12.5. The van der Waals surface area contributed by atoms with Crippen molar-refractivity contribution in [2.24, 2.45) is 5.73 Å². The molecule has 0 aromatic heterocycles. The molecule has 1 fully saturated rings. The highest BCUT2D eigenvalue weighted by Gasteiger charge is 2.40. The molecule has 0 heterocycles. The van der Waals surface area contributed by atoms with E-state index in [0.29, 0.717) is 6.54 Å². The molecular formula is C12H13ClF3N. The number of hydrogen-bond acceptors (Lipinski definition) is 1. The molecule has 2 N–H and O–H groups in total. The quantitative estimate of drug-likeness (QED) is 0.864. The predicted octanol–water partition coefficient (Wildman–Crippen LogP) is 3.74. The molecule has 0 aliphatic heterocycles. The molecule has 1 aliphatic carbocycles. The Kier molecular flexibility index (Phi) is 3.12. The molecule has 1 aromatic carbocycles. The minimum absolute atomic E-state index is 0.171. The van der Waals surface area contributed by atoms with Crippen molar-refractivity contribution in [2.75, 3.05) is 6.54 Å². The van der Waals surface area contributed by atoms with Gasteiger partial charge in [-0.2, -0.15) is 13.2 Å². The molecule has 1 aromatic rings. The molecule has 0 spiro atoms. The van der Waals surface area contributed by atoms with Gasteiger partial charge in [0.05, 0.1) is 5.56 Å². The Balaban J connectivity index is 2.38. The van der Waals surface area contributed by atoms with Gasteiger partial charge >= 0.3 is 6.18 Å². The SMILES string of the molecule is NCC1(c2ccc(C(F)(F)F)cc2Cl)CCC1. The van der Waals surface area contributed by atoms with Gasteiger partial charge in [-0.25, -0.2) is 0 Å². The maximum Gasteiger partial charge on any atom is 0.416 e. The van der Waals surface area contributed by atoms with E-state index in [1.54, 1.807) is 0 Å². The standard InChI is InChI=1S/C12H13ClF3N/c13-10-6-8(12(14,15)16)2-3-9(10)11(7-17)4-1-5-11/h2-3,6H,1,4-5,7,17H2. The summed E-state index contributed by atoms with van der Waals surface area (Å²) >= 11 is 5.96. The number of alkyl halides is 3. The van der Waals surface area contributed by atoms with Crippen molar-refractivity contribution < 1.29 is 13.2 Å². The molecule has 0 bridgehead atoms. The molecule has 0 radical (unpaired) electrons. The van der Waals surface area contributed by atoms with Gasteiger partial charge in [-0.05, 0) is 30.5 Å². The van der Waals surface area contributed by atoms with Crippen molar-refractivity contribution in [1.82, 2.24) is 0 Å². The number of benzene rings is 1. The maximum atomic E-state index is 12.5. The second-order valence-electron chi connectivity index (χ2n) is 4.53. The highest BCUT2D eigenvalue weighted by atomic mass is 35.5. The first-order valence-electron chi connectivity index (χ1n) is 5.46. The van der Waals surface area contributed by atoms with Crippen LogP contribution in [0.2, 0.25) is 5.02 Å². The summed E-state index contributed by atoms with van der Waals surface area (Å²) in [5, 5.41) is 0.171. The fourth-order valence-corrected chi connectivity index (χ4v) is 2.69. The molecule has 1 nitrogen and oxygen atoms in total. The summed E-state index contributed by atoms with van der Waals surface area (Å²) in [4.78, 5) is 0. The molecule has 17 heavy (non-hydrogen) atoms. The van der Waals surface area contributed by atoms with Crippen LogP contribution in [-0.2, 0) is 11.6 Å². The Hall–Kier alpha value is -0.740. The summed E-state index contributed by atoms with van der Waals surface area (Å²) in [6, 6.07) is 3.54. The monoisotopic (exact) mass is 263 g/mol. The average Bonchev–Trinajstić information content (AvgIpc) is 2.17. The fourth-order valence-electron chi connectivity index (χ4n) is 2.31. The number of rotatable bonds is 2. The Morgan fingerprint density at radius 3 is 2.29 bits per heavy atom. The number of hydrogen-bond donors (Lipinski definition) is 1. The van der Waals surface area contributed by atoms with E-state index in [0.717, 1.165) is 37.0 Å². The van der Waals surface area contributed by atoms with E-state index in [1.807, 2.05) is 0 Å². The molecule has 0 saturated heterocycles.